The standard InChI is InChI=1S/C43H53ClF3N7O4/c1-5-18-53(19-17-44)30-12-16-34-27(21-30)20-29(51-34)7-6-8-37(55)49-25-38(56)58-32-13-9-28(10-14-32)50-35-22-31(11-15-33(35)41(48)57)54-36-24-42(3,4)23-26(2)39(36)40(52-54)43(45,46)47/h11-12,15-16,20-22,28,32,50-51H,2,5-10,13-14,17-19,23-25H2,1,3-4H3,(H2,48,57)(H,49,55). The lowest BCUT2D eigenvalue weighted by atomic mass is 9.74. The molecule has 1 saturated carbocycles. The van der Waals surface area contributed by atoms with Crippen LogP contribution in [0.4, 0.5) is 24.5 Å². The van der Waals surface area contributed by atoms with Crippen LogP contribution in [-0.4, -0.2) is 70.2 Å². The van der Waals surface area contributed by atoms with Crippen molar-refractivity contribution < 1.29 is 32.3 Å². The van der Waals surface area contributed by atoms with Gasteiger partial charge in [-0.3, -0.25) is 14.4 Å². The predicted molar refractivity (Wildman–Crippen MR) is 221 cm³/mol. The third-order valence-corrected chi connectivity index (χ3v) is 11.1. The number of hydrogen-bond acceptors (Lipinski definition) is 7. The van der Waals surface area contributed by atoms with Crippen molar-refractivity contribution in [1.29, 1.82) is 0 Å². The summed E-state index contributed by atoms with van der Waals surface area (Å²) in [5.41, 5.74) is 9.39. The number of esters is 1. The number of aromatic amines is 1. The number of carbonyl (C=O) groups is 3. The third-order valence-electron chi connectivity index (χ3n) is 10.9. The number of rotatable bonds is 16. The number of anilines is 2. The summed E-state index contributed by atoms with van der Waals surface area (Å²) in [4.78, 5) is 43.3. The molecule has 15 heteroatoms. The Morgan fingerprint density at radius 1 is 1.09 bits per heavy atom. The Morgan fingerprint density at radius 2 is 1.84 bits per heavy atom. The molecule has 2 aliphatic rings. The van der Waals surface area contributed by atoms with Gasteiger partial charge in [-0.05, 0) is 111 Å². The summed E-state index contributed by atoms with van der Waals surface area (Å²) in [7, 11) is 0. The van der Waals surface area contributed by atoms with Crippen LogP contribution in [0.5, 0.6) is 0 Å². The zero-order valence-corrected chi connectivity index (χ0v) is 34.1. The van der Waals surface area contributed by atoms with Crippen molar-refractivity contribution >= 4 is 57.2 Å². The summed E-state index contributed by atoms with van der Waals surface area (Å²) < 4.78 is 49.4. The number of halogens is 4. The maximum absolute atomic E-state index is 14.2. The van der Waals surface area contributed by atoms with E-state index in [2.05, 4.69) is 63.4 Å². The zero-order chi connectivity index (χ0) is 41.8. The number of aromatic nitrogens is 3. The molecule has 2 aliphatic carbocycles. The van der Waals surface area contributed by atoms with Gasteiger partial charge in [0.05, 0.1) is 16.9 Å². The van der Waals surface area contributed by atoms with E-state index in [-0.39, 0.29) is 47.6 Å². The lowest BCUT2D eigenvalue weighted by Crippen LogP contribution is -2.35. The molecule has 2 aromatic carbocycles. The molecule has 5 N–H and O–H groups in total. The highest BCUT2D eigenvalue weighted by atomic mass is 35.5. The first-order valence-electron chi connectivity index (χ1n) is 20.0. The largest absolute Gasteiger partial charge is 0.461 e. The number of aryl methyl sites for hydroxylation is 1. The van der Waals surface area contributed by atoms with Gasteiger partial charge in [0, 0.05) is 65.0 Å². The van der Waals surface area contributed by atoms with Gasteiger partial charge < -0.3 is 31.0 Å². The van der Waals surface area contributed by atoms with Crippen LogP contribution in [0.3, 0.4) is 0 Å². The van der Waals surface area contributed by atoms with E-state index < -0.39 is 23.7 Å². The second kappa shape index (κ2) is 17.9. The van der Waals surface area contributed by atoms with Gasteiger partial charge in [0.15, 0.2) is 5.69 Å². The molecule has 1 fully saturated rings. The number of benzene rings is 2. The maximum atomic E-state index is 14.2. The van der Waals surface area contributed by atoms with Crippen molar-refractivity contribution in [1.82, 2.24) is 20.1 Å². The summed E-state index contributed by atoms with van der Waals surface area (Å²) >= 11 is 6.01. The number of H-pyrrole nitrogens is 1. The molecular formula is C43H53ClF3N7O4. The molecule has 0 unspecified atom stereocenters. The number of allylic oxidation sites excluding steroid dienone is 1. The second-order valence-electron chi connectivity index (χ2n) is 16.3. The van der Waals surface area contributed by atoms with Crippen LogP contribution in [0.2, 0.25) is 0 Å². The molecule has 4 aromatic rings. The van der Waals surface area contributed by atoms with Crippen LogP contribution < -0.4 is 21.3 Å². The Balaban J connectivity index is 0.982. The van der Waals surface area contributed by atoms with Crippen LogP contribution in [0.15, 0.2) is 49.0 Å². The highest BCUT2D eigenvalue weighted by Crippen LogP contribution is 2.46. The van der Waals surface area contributed by atoms with Crippen LogP contribution in [-0.2, 0) is 33.3 Å². The zero-order valence-electron chi connectivity index (χ0n) is 33.4. The minimum atomic E-state index is -4.67. The Kier molecular flexibility index (Phi) is 13.1. The lowest BCUT2D eigenvalue weighted by molar-refractivity contribution is -0.150. The summed E-state index contributed by atoms with van der Waals surface area (Å²) in [6, 6.07) is 13.0. The van der Waals surface area contributed by atoms with Gasteiger partial charge in [-0.2, -0.15) is 18.3 Å². The van der Waals surface area contributed by atoms with Gasteiger partial charge in [0.25, 0.3) is 5.91 Å². The van der Waals surface area contributed by atoms with Crippen molar-refractivity contribution in [3.8, 4) is 5.69 Å². The number of nitrogens with two attached hydrogens (primary N) is 1. The quantitative estimate of drug-likeness (QED) is 0.0657. The van der Waals surface area contributed by atoms with E-state index in [0.29, 0.717) is 79.9 Å². The Morgan fingerprint density at radius 3 is 2.53 bits per heavy atom. The molecule has 0 radical (unpaired) electrons. The van der Waals surface area contributed by atoms with Crippen molar-refractivity contribution in [2.45, 2.75) is 103 Å². The smallest absolute Gasteiger partial charge is 0.435 e. The predicted octanol–water partition coefficient (Wildman–Crippen LogP) is 8.32. The Bertz CT molecular complexity index is 2150. The topological polar surface area (TPSA) is 147 Å². The van der Waals surface area contributed by atoms with Crippen molar-refractivity contribution in [2.75, 3.05) is 35.7 Å². The van der Waals surface area contributed by atoms with E-state index in [1.807, 2.05) is 13.8 Å². The molecule has 0 saturated heterocycles. The average molecular weight is 824 g/mol. The molecule has 6 rings (SSSR count). The normalized spacial score (nSPS) is 17.8. The van der Waals surface area contributed by atoms with Crippen molar-refractivity contribution in [2.24, 2.45) is 11.1 Å². The van der Waals surface area contributed by atoms with Crippen LogP contribution in [0.1, 0.15) is 105 Å². The summed E-state index contributed by atoms with van der Waals surface area (Å²) in [6.07, 6.45) is 0.608. The number of nitrogens with zero attached hydrogens (tertiary/aromatic N) is 3. The summed E-state index contributed by atoms with van der Waals surface area (Å²) in [6.45, 7) is 11.6. The van der Waals surface area contributed by atoms with Gasteiger partial charge in [0.1, 0.15) is 12.6 Å². The van der Waals surface area contributed by atoms with E-state index >= 15 is 0 Å². The van der Waals surface area contributed by atoms with Gasteiger partial charge in [-0.1, -0.05) is 27.4 Å². The summed E-state index contributed by atoms with van der Waals surface area (Å²) in [5, 5.41) is 11.2. The molecule has 2 heterocycles. The molecule has 0 bridgehead atoms. The van der Waals surface area contributed by atoms with Gasteiger partial charge in [-0.15, -0.1) is 11.6 Å². The Hall–Kier alpha value is -4.98. The summed E-state index contributed by atoms with van der Waals surface area (Å²) in [5.74, 6) is -0.871. The van der Waals surface area contributed by atoms with Gasteiger partial charge in [-0.25, -0.2) is 4.68 Å². The minimum Gasteiger partial charge on any atom is -0.461 e. The first-order chi connectivity index (χ1) is 27.5. The van der Waals surface area contributed by atoms with E-state index in [0.717, 1.165) is 41.8 Å². The molecule has 2 amide bonds. The molecule has 2 aromatic heterocycles. The lowest BCUT2D eigenvalue weighted by Gasteiger charge is -2.32. The fraction of sp³-hybridized carbons (Fsp3) is 0.488. The SMILES string of the molecule is C=C1CC(C)(C)Cc2c1c(C(F)(F)F)nn2-c1ccc(C(N)=O)c(NC2CCC(OC(=O)CNC(=O)CCCc3cc4cc(N(CCC)CCCl)ccc4[nH]3)CC2)c1. The fourth-order valence-electron chi connectivity index (χ4n) is 8.30. The first kappa shape index (κ1) is 42.6. The highest BCUT2D eigenvalue weighted by molar-refractivity contribution is 6.18. The molecule has 0 atom stereocenters. The molecule has 58 heavy (non-hydrogen) atoms. The number of ether oxygens (including phenoxy) is 1. The van der Waals surface area contributed by atoms with E-state index in [4.69, 9.17) is 22.1 Å². The number of fused-ring (bicyclic) bond motifs is 2. The number of nitrogens with one attached hydrogen (secondary N) is 3. The van der Waals surface area contributed by atoms with Crippen LogP contribution >= 0.6 is 11.6 Å². The molecule has 312 valence electrons. The molecule has 0 aliphatic heterocycles. The number of primary amides is 1. The van der Waals surface area contributed by atoms with E-state index in [9.17, 15) is 27.6 Å². The van der Waals surface area contributed by atoms with E-state index in [1.165, 1.54) is 10.7 Å². The molecular weight excluding hydrogens is 771 g/mol. The molecule has 0 spiro atoms. The fourth-order valence-corrected chi connectivity index (χ4v) is 8.51. The number of alkyl halides is 4. The third kappa shape index (κ3) is 10.2. The van der Waals surface area contributed by atoms with Gasteiger partial charge >= 0.3 is 12.1 Å². The second-order valence-corrected chi connectivity index (χ2v) is 16.7. The highest BCUT2D eigenvalue weighted by Gasteiger charge is 2.43. The maximum Gasteiger partial charge on any atom is 0.435 e. The number of amides is 2. The minimum absolute atomic E-state index is 0.0291. The Labute approximate surface area is 341 Å². The van der Waals surface area contributed by atoms with Crippen molar-refractivity contribution in [3.63, 3.8) is 0 Å². The molecule has 11 nitrogen and oxygen atoms in total. The first-order valence-corrected chi connectivity index (χ1v) is 20.6. The van der Waals surface area contributed by atoms with Crippen LogP contribution in [0.25, 0.3) is 22.2 Å². The van der Waals surface area contributed by atoms with E-state index in [1.54, 1.807) is 12.1 Å². The van der Waals surface area contributed by atoms with Crippen molar-refractivity contribution in [3.05, 3.63) is 77.3 Å². The van der Waals surface area contributed by atoms with Crippen LogP contribution in [0, 0.1) is 5.41 Å². The van der Waals surface area contributed by atoms with Gasteiger partial charge in [0.2, 0.25) is 5.91 Å². The monoisotopic (exact) mass is 823 g/mol. The number of carbonyl (C=O) groups excluding carboxylic acids is 3. The number of hydrogen-bond donors (Lipinski definition) is 4. The average Bonchev–Trinajstić information content (AvgIpc) is 3.75.